The fourth-order valence-corrected chi connectivity index (χ4v) is 3.43. The van der Waals surface area contributed by atoms with E-state index in [4.69, 9.17) is 0 Å². The summed E-state index contributed by atoms with van der Waals surface area (Å²) in [6.07, 6.45) is 6.32. The summed E-state index contributed by atoms with van der Waals surface area (Å²) < 4.78 is 0. The molecule has 2 rings (SSSR count). The molecule has 98 valence electrons. The zero-order valence-electron chi connectivity index (χ0n) is 11.7. The monoisotopic (exact) mass is 236 g/mol. The third-order valence-electron chi connectivity index (χ3n) is 4.65. The van der Waals surface area contributed by atoms with Crippen molar-refractivity contribution in [2.75, 3.05) is 19.6 Å². The highest BCUT2D eigenvalue weighted by atomic mass is 15.3. The number of nitrogens with zero attached hydrogens (tertiary/aromatic N) is 2. The summed E-state index contributed by atoms with van der Waals surface area (Å²) in [6.45, 7) is 14.8. The number of piperazine rings is 1. The van der Waals surface area contributed by atoms with Crippen LogP contribution in [0.5, 0.6) is 0 Å². The zero-order chi connectivity index (χ0) is 12.4. The smallest absolute Gasteiger partial charge is 0.0252 e. The number of rotatable bonds is 3. The van der Waals surface area contributed by atoms with Gasteiger partial charge >= 0.3 is 0 Å². The van der Waals surface area contributed by atoms with Gasteiger partial charge in [0, 0.05) is 31.2 Å². The molecule has 0 radical (unpaired) electrons. The summed E-state index contributed by atoms with van der Waals surface area (Å²) in [7, 11) is 0. The van der Waals surface area contributed by atoms with Crippen molar-refractivity contribution in [3.05, 3.63) is 12.7 Å². The summed E-state index contributed by atoms with van der Waals surface area (Å²) in [6, 6.07) is 2.03. The van der Waals surface area contributed by atoms with Gasteiger partial charge in [0.25, 0.3) is 0 Å². The predicted molar refractivity (Wildman–Crippen MR) is 74.2 cm³/mol. The summed E-state index contributed by atoms with van der Waals surface area (Å²) >= 11 is 0. The highest BCUT2D eigenvalue weighted by molar-refractivity contribution is 4.97. The highest BCUT2D eigenvalue weighted by Gasteiger charge is 2.37. The van der Waals surface area contributed by atoms with E-state index in [1.54, 1.807) is 0 Å². The van der Waals surface area contributed by atoms with Gasteiger partial charge in [-0.3, -0.25) is 9.80 Å². The molecule has 3 unspecified atom stereocenters. The van der Waals surface area contributed by atoms with Crippen LogP contribution in [0.3, 0.4) is 0 Å². The highest BCUT2D eigenvalue weighted by Crippen LogP contribution is 2.28. The lowest BCUT2D eigenvalue weighted by Crippen LogP contribution is -2.62. The van der Waals surface area contributed by atoms with E-state index in [1.807, 2.05) is 0 Å². The fourth-order valence-electron chi connectivity index (χ4n) is 3.43. The predicted octanol–water partition coefficient (Wildman–Crippen LogP) is 2.76. The van der Waals surface area contributed by atoms with Crippen LogP contribution in [0.25, 0.3) is 0 Å². The van der Waals surface area contributed by atoms with Crippen molar-refractivity contribution in [2.45, 2.75) is 58.2 Å². The van der Waals surface area contributed by atoms with E-state index in [1.165, 1.54) is 38.9 Å². The lowest BCUT2D eigenvalue weighted by atomic mass is 9.91. The molecular weight excluding hydrogens is 208 g/mol. The van der Waals surface area contributed by atoms with E-state index in [0.717, 1.165) is 12.0 Å². The molecule has 0 spiro atoms. The van der Waals surface area contributed by atoms with E-state index in [-0.39, 0.29) is 0 Å². The Bertz CT molecular complexity index is 262. The molecule has 2 heteroatoms. The van der Waals surface area contributed by atoms with Crippen molar-refractivity contribution in [1.82, 2.24) is 9.80 Å². The Kier molecular flexibility index (Phi) is 4.26. The molecule has 2 fully saturated rings. The SMILES string of the molecule is C=CC(C)N1CC2CCCCN2CC1C(C)C. The van der Waals surface area contributed by atoms with Crippen LogP contribution < -0.4 is 0 Å². The molecule has 0 amide bonds. The van der Waals surface area contributed by atoms with Crippen molar-refractivity contribution in [3.63, 3.8) is 0 Å². The lowest BCUT2D eigenvalue weighted by Gasteiger charge is -2.51. The van der Waals surface area contributed by atoms with Gasteiger partial charge in [0.1, 0.15) is 0 Å². The van der Waals surface area contributed by atoms with Crippen molar-refractivity contribution >= 4 is 0 Å². The minimum Gasteiger partial charge on any atom is -0.298 e. The van der Waals surface area contributed by atoms with Crippen LogP contribution in [0.1, 0.15) is 40.0 Å². The van der Waals surface area contributed by atoms with Gasteiger partial charge in [0.15, 0.2) is 0 Å². The van der Waals surface area contributed by atoms with Crippen LogP contribution in [0.2, 0.25) is 0 Å². The maximum absolute atomic E-state index is 3.98. The van der Waals surface area contributed by atoms with Crippen molar-refractivity contribution in [2.24, 2.45) is 5.92 Å². The molecule has 2 aliphatic heterocycles. The van der Waals surface area contributed by atoms with Gasteiger partial charge < -0.3 is 0 Å². The van der Waals surface area contributed by atoms with Crippen molar-refractivity contribution in [1.29, 1.82) is 0 Å². The Morgan fingerprint density at radius 1 is 1.18 bits per heavy atom. The molecule has 0 bridgehead atoms. The average Bonchev–Trinajstić information content (AvgIpc) is 2.36. The van der Waals surface area contributed by atoms with Gasteiger partial charge in [-0.2, -0.15) is 0 Å². The molecule has 17 heavy (non-hydrogen) atoms. The average molecular weight is 236 g/mol. The molecule has 0 aliphatic carbocycles. The molecule has 2 aliphatic rings. The molecule has 0 aromatic rings. The van der Waals surface area contributed by atoms with Gasteiger partial charge in [-0.1, -0.05) is 26.3 Å². The van der Waals surface area contributed by atoms with Gasteiger partial charge in [-0.15, -0.1) is 6.58 Å². The topological polar surface area (TPSA) is 6.48 Å². The quantitative estimate of drug-likeness (QED) is 0.695. The van der Waals surface area contributed by atoms with Crippen LogP contribution >= 0.6 is 0 Å². The number of piperidine rings is 1. The molecule has 2 nitrogen and oxygen atoms in total. The first-order chi connectivity index (χ1) is 8.13. The van der Waals surface area contributed by atoms with Crippen LogP contribution in [0.15, 0.2) is 12.7 Å². The van der Waals surface area contributed by atoms with Crippen LogP contribution in [-0.4, -0.2) is 47.6 Å². The van der Waals surface area contributed by atoms with Crippen LogP contribution in [0, 0.1) is 5.92 Å². The second-order valence-electron chi connectivity index (χ2n) is 6.13. The number of hydrogen-bond donors (Lipinski definition) is 0. The number of hydrogen-bond acceptors (Lipinski definition) is 2. The maximum Gasteiger partial charge on any atom is 0.0252 e. The lowest BCUT2D eigenvalue weighted by molar-refractivity contribution is -0.0175. The van der Waals surface area contributed by atoms with Crippen molar-refractivity contribution < 1.29 is 0 Å². The maximum atomic E-state index is 3.98. The Morgan fingerprint density at radius 3 is 2.59 bits per heavy atom. The molecule has 0 saturated carbocycles. The van der Waals surface area contributed by atoms with E-state index >= 15 is 0 Å². The standard InChI is InChI=1S/C15H28N2/c1-5-13(4)17-10-14-8-6-7-9-16(14)11-15(17)12(2)3/h5,12-15H,1,6-11H2,2-4H3. The largest absolute Gasteiger partial charge is 0.298 e. The zero-order valence-corrected chi connectivity index (χ0v) is 11.7. The molecule has 0 aromatic carbocycles. The molecule has 0 N–H and O–H groups in total. The number of fused-ring (bicyclic) bond motifs is 1. The van der Waals surface area contributed by atoms with Crippen LogP contribution in [0.4, 0.5) is 0 Å². The first kappa shape index (κ1) is 13.1. The Balaban J connectivity index is 2.10. The summed E-state index contributed by atoms with van der Waals surface area (Å²) in [5.41, 5.74) is 0. The van der Waals surface area contributed by atoms with Gasteiger partial charge in [-0.25, -0.2) is 0 Å². The molecule has 0 aromatic heterocycles. The minimum atomic E-state index is 0.520. The van der Waals surface area contributed by atoms with Gasteiger partial charge in [-0.05, 0) is 32.2 Å². The Morgan fingerprint density at radius 2 is 1.94 bits per heavy atom. The fraction of sp³-hybridized carbons (Fsp3) is 0.867. The third-order valence-corrected chi connectivity index (χ3v) is 4.65. The summed E-state index contributed by atoms with van der Waals surface area (Å²) in [4.78, 5) is 5.42. The van der Waals surface area contributed by atoms with E-state index in [0.29, 0.717) is 12.1 Å². The van der Waals surface area contributed by atoms with Crippen LogP contribution in [-0.2, 0) is 0 Å². The molecule has 2 heterocycles. The second-order valence-corrected chi connectivity index (χ2v) is 6.13. The van der Waals surface area contributed by atoms with Gasteiger partial charge in [0.05, 0.1) is 0 Å². The molecule has 2 saturated heterocycles. The normalized spacial score (nSPS) is 33.4. The van der Waals surface area contributed by atoms with E-state index < -0.39 is 0 Å². The second kappa shape index (κ2) is 5.53. The molecular formula is C15H28N2. The summed E-state index contributed by atoms with van der Waals surface area (Å²) in [5, 5.41) is 0. The Labute approximate surface area is 107 Å². The summed E-state index contributed by atoms with van der Waals surface area (Å²) in [5.74, 6) is 0.736. The third kappa shape index (κ3) is 2.74. The Hall–Kier alpha value is -0.340. The first-order valence-corrected chi connectivity index (χ1v) is 7.25. The minimum absolute atomic E-state index is 0.520. The van der Waals surface area contributed by atoms with E-state index in [9.17, 15) is 0 Å². The van der Waals surface area contributed by atoms with Crippen molar-refractivity contribution in [3.8, 4) is 0 Å². The van der Waals surface area contributed by atoms with E-state index in [2.05, 4.69) is 43.2 Å². The molecule has 3 atom stereocenters. The van der Waals surface area contributed by atoms with Gasteiger partial charge in [0.2, 0.25) is 0 Å². The first-order valence-electron chi connectivity index (χ1n) is 7.25.